The van der Waals surface area contributed by atoms with Gasteiger partial charge in [0, 0.05) is 31.7 Å². The maximum Gasteiger partial charge on any atom is 0.295 e. The number of aryl methyl sites for hydroxylation is 1. The SMILES string of the molecule is C=CCOc1ccc(C2C(=C(O)c3ccc(OCC=C)cc3C)C(=O)C(=O)N2CCN2CCOCC2)cc1. The molecule has 0 aliphatic carbocycles. The second kappa shape index (κ2) is 12.6. The lowest BCUT2D eigenvalue weighted by molar-refractivity contribution is -0.140. The number of ketones is 1. The molecule has 200 valence electrons. The first kappa shape index (κ1) is 27.2. The minimum absolute atomic E-state index is 0.0691. The van der Waals surface area contributed by atoms with E-state index in [4.69, 9.17) is 14.2 Å². The molecule has 2 aliphatic heterocycles. The van der Waals surface area contributed by atoms with Crippen LogP contribution in [0.1, 0.15) is 22.7 Å². The molecular formula is C30H34N2O6. The summed E-state index contributed by atoms with van der Waals surface area (Å²) in [4.78, 5) is 30.4. The Morgan fingerprint density at radius 2 is 1.63 bits per heavy atom. The first-order chi connectivity index (χ1) is 18.4. The van der Waals surface area contributed by atoms with Crippen molar-refractivity contribution in [2.75, 3.05) is 52.6 Å². The summed E-state index contributed by atoms with van der Waals surface area (Å²) in [6.07, 6.45) is 3.31. The maximum absolute atomic E-state index is 13.4. The molecule has 1 amide bonds. The van der Waals surface area contributed by atoms with Crippen molar-refractivity contribution in [1.29, 1.82) is 0 Å². The van der Waals surface area contributed by atoms with Gasteiger partial charge in [-0.05, 0) is 48.4 Å². The van der Waals surface area contributed by atoms with Gasteiger partial charge in [-0.3, -0.25) is 14.5 Å². The maximum atomic E-state index is 13.4. The van der Waals surface area contributed by atoms with Crippen molar-refractivity contribution in [3.63, 3.8) is 0 Å². The third kappa shape index (κ3) is 5.98. The number of morpholine rings is 1. The molecule has 38 heavy (non-hydrogen) atoms. The van der Waals surface area contributed by atoms with Gasteiger partial charge in [-0.2, -0.15) is 0 Å². The minimum atomic E-state index is -0.736. The Morgan fingerprint density at radius 1 is 1.00 bits per heavy atom. The van der Waals surface area contributed by atoms with Crippen LogP contribution >= 0.6 is 0 Å². The average Bonchev–Trinajstić information content (AvgIpc) is 3.19. The van der Waals surface area contributed by atoms with Crippen LogP contribution in [0.25, 0.3) is 5.76 Å². The molecule has 2 aromatic carbocycles. The Kier molecular flexibility index (Phi) is 8.99. The summed E-state index contributed by atoms with van der Waals surface area (Å²) >= 11 is 0. The van der Waals surface area contributed by atoms with E-state index in [0.29, 0.717) is 62.1 Å². The Balaban J connectivity index is 1.71. The van der Waals surface area contributed by atoms with E-state index < -0.39 is 17.7 Å². The standard InChI is InChI=1S/C30H34N2O6/c1-4-16-37-23-8-6-22(7-9-23)27-26(28(33)25-11-10-24(20-21(25)3)38-17-5-2)29(34)30(35)32(27)13-12-31-14-18-36-19-15-31/h4-11,20,27,33H,1-2,12-19H2,3H3. The van der Waals surface area contributed by atoms with E-state index in [-0.39, 0.29) is 11.3 Å². The van der Waals surface area contributed by atoms with Gasteiger partial charge in [0.05, 0.1) is 24.8 Å². The van der Waals surface area contributed by atoms with Gasteiger partial charge in [0.15, 0.2) is 0 Å². The number of amides is 1. The molecule has 1 N–H and O–H groups in total. The molecule has 1 atom stereocenters. The van der Waals surface area contributed by atoms with Crippen LogP contribution in [0.5, 0.6) is 11.5 Å². The van der Waals surface area contributed by atoms with E-state index in [2.05, 4.69) is 18.1 Å². The minimum Gasteiger partial charge on any atom is -0.507 e. The first-order valence-electron chi connectivity index (χ1n) is 12.7. The predicted octanol–water partition coefficient (Wildman–Crippen LogP) is 3.88. The number of carbonyl (C=O) groups excluding carboxylic acids is 2. The fourth-order valence-corrected chi connectivity index (χ4v) is 4.72. The largest absolute Gasteiger partial charge is 0.507 e. The Morgan fingerprint density at radius 3 is 2.26 bits per heavy atom. The molecule has 8 nitrogen and oxygen atoms in total. The lowest BCUT2D eigenvalue weighted by Gasteiger charge is -2.31. The van der Waals surface area contributed by atoms with Crippen molar-refractivity contribution >= 4 is 17.4 Å². The molecule has 0 saturated carbocycles. The van der Waals surface area contributed by atoms with E-state index in [1.165, 1.54) is 0 Å². The Labute approximate surface area is 223 Å². The Bertz CT molecular complexity index is 1210. The number of Topliss-reactive ketones (excluding diaryl/α,β-unsaturated/α-hetero) is 1. The second-order valence-corrected chi connectivity index (χ2v) is 9.19. The van der Waals surface area contributed by atoms with E-state index in [0.717, 1.165) is 18.7 Å². The van der Waals surface area contributed by atoms with Gasteiger partial charge < -0.3 is 24.2 Å². The third-order valence-corrected chi connectivity index (χ3v) is 6.69. The van der Waals surface area contributed by atoms with Gasteiger partial charge >= 0.3 is 0 Å². The van der Waals surface area contributed by atoms with Gasteiger partial charge in [-0.25, -0.2) is 0 Å². The van der Waals surface area contributed by atoms with Crippen LogP contribution in [0.2, 0.25) is 0 Å². The highest BCUT2D eigenvalue weighted by Crippen LogP contribution is 2.40. The number of aliphatic hydroxyl groups is 1. The van der Waals surface area contributed by atoms with Crippen LogP contribution in [-0.4, -0.2) is 79.2 Å². The number of ether oxygens (including phenoxy) is 3. The summed E-state index contributed by atoms with van der Waals surface area (Å²) in [6, 6.07) is 11.7. The smallest absolute Gasteiger partial charge is 0.295 e. The number of rotatable bonds is 11. The van der Waals surface area contributed by atoms with E-state index in [9.17, 15) is 14.7 Å². The van der Waals surface area contributed by atoms with Crippen LogP contribution < -0.4 is 9.47 Å². The summed E-state index contributed by atoms with van der Waals surface area (Å²) in [5, 5.41) is 11.5. The average molecular weight is 519 g/mol. The van der Waals surface area contributed by atoms with Crippen LogP contribution in [0, 0.1) is 6.92 Å². The quantitative estimate of drug-likeness (QED) is 0.209. The fraction of sp³-hybridized carbons (Fsp3) is 0.333. The first-order valence-corrected chi connectivity index (χ1v) is 12.7. The van der Waals surface area contributed by atoms with Crippen LogP contribution in [0.15, 0.2) is 73.3 Å². The number of carbonyl (C=O) groups is 2. The number of hydrogen-bond acceptors (Lipinski definition) is 7. The summed E-state index contributed by atoms with van der Waals surface area (Å²) < 4.78 is 16.6. The summed E-state index contributed by atoms with van der Waals surface area (Å²) in [7, 11) is 0. The molecule has 2 fully saturated rings. The number of nitrogens with zero attached hydrogens (tertiary/aromatic N) is 2. The lowest BCUT2D eigenvalue weighted by atomic mass is 9.94. The molecular weight excluding hydrogens is 484 g/mol. The molecule has 0 spiro atoms. The highest BCUT2D eigenvalue weighted by Gasteiger charge is 2.46. The normalized spacial score (nSPS) is 19.4. The number of hydrogen-bond donors (Lipinski definition) is 1. The van der Waals surface area contributed by atoms with Gasteiger partial charge in [0.1, 0.15) is 30.5 Å². The molecule has 4 rings (SSSR count). The topological polar surface area (TPSA) is 88.5 Å². The molecule has 2 heterocycles. The van der Waals surface area contributed by atoms with Gasteiger partial charge in [0.2, 0.25) is 0 Å². The van der Waals surface area contributed by atoms with Crippen molar-refractivity contribution in [1.82, 2.24) is 9.80 Å². The zero-order valence-corrected chi connectivity index (χ0v) is 21.7. The van der Waals surface area contributed by atoms with E-state index >= 15 is 0 Å². The van der Waals surface area contributed by atoms with Crippen LogP contribution in [-0.2, 0) is 14.3 Å². The van der Waals surface area contributed by atoms with Gasteiger partial charge in [-0.1, -0.05) is 37.4 Å². The second-order valence-electron chi connectivity index (χ2n) is 9.19. The van der Waals surface area contributed by atoms with Crippen molar-refractivity contribution in [2.24, 2.45) is 0 Å². The molecule has 2 aliphatic rings. The zero-order chi connectivity index (χ0) is 27.1. The van der Waals surface area contributed by atoms with Crippen LogP contribution in [0.3, 0.4) is 0 Å². The third-order valence-electron chi connectivity index (χ3n) is 6.69. The highest BCUT2D eigenvalue weighted by molar-refractivity contribution is 6.46. The Hall–Kier alpha value is -3.88. The molecule has 2 saturated heterocycles. The lowest BCUT2D eigenvalue weighted by Crippen LogP contribution is -2.42. The molecule has 1 unspecified atom stereocenters. The molecule has 0 aromatic heterocycles. The summed E-state index contributed by atoms with van der Waals surface area (Å²) in [5.41, 5.74) is 1.97. The predicted molar refractivity (Wildman–Crippen MR) is 145 cm³/mol. The molecule has 8 heteroatoms. The van der Waals surface area contributed by atoms with E-state index in [1.807, 2.05) is 19.1 Å². The summed E-state index contributed by atoms with van der Waals surface area (Å²) in [5.74, 6) is -0.267. The fourth-order valence-electron chi connectivity index (χ4n) is 4.72. The van der Waals surface area contributed by atoms with E-state index in [1.54, 1.807) is 47.4 Å². The highest BCUT2D eigenvalue weighted by atomic mass is 16.5. The molecule has 2 aromatic rings. The zero-order valence-electron chi connectivity index (χ0n) is 21.7. The van der Waals surface area contributed by atoms with Crippen LogP contribution in [0.4, 0.5) is 0 Å². The molecule has 0 bridgehead atoms. The monoisotopic (exact) mass is 518 g/mol. The summed E-state index contributed by atoms with van der Waals surface area (Å²) in [6.45, 7) is 13.6. The van der Waals surface area contributed by atoms with Crippen molar-refractivity contribution < 1.29 is 28.9 Å². The van der Waals surface area contributed by atoms with Gasteiger partial charge in [-0.15, -0.1) is 0 Å². The van der Waals surface area contributed by atoms with Crippen molar-refractivity contribution in [3.05, 3.63) is 90.0 Å². The molecule has 0 radical (unpaired) electrons. The van der Waals surface area contributed by atoms with Gasteiger partial charge in [0.25, 0.3) is 11.7 Å². The van der Waals surface area contributed by atoms with Crippen molar-refractivity contribution in [2.45, 2.75) is 13.0 Å². The number of benzene rings is 2. The number of aliphatic hydroxyl groups excluding tert-OH is 1. The van der Waals surface area contributed by atoms with Crippen molar-refractivity contribution in [3.8, 4) is 11.5 Å². The number of likely N-dealkylation sites (tertiary alicyclic amines) is 1.